The van der Waals surface area contributed by atoms with Crippen LogP contribution in [0.1, 0.15) is 63.2 Å². The molecule has 0 bridgehead atoms. The van der Waals surface area contributed by atoms with Crippen LogP contribution in [0, 0.1) is 11.8 Å². The molecule has 1 aliphatic rings. The highest BCUT2D eigenvalue weighted by Crippen LogP contribution is 2.30. The van der Waals surface area contributed by atoms with Crippen LogP contribution < -0.4 is 10.6 Å². The first-order valence-corrected chi connectivity index (χ1v) is 9.83. The van der Waals surface area contributed by atoms with E-state index in [1.54, 1.807) is 31.2 Å². The van der Waals surface area contributed by atoms with Gasteiger partial charge in [0.2, 0.25) is 11.8 Å². The highest BCUT2D eigenvalue weighted by Gasteiger charge is 2.30. The van der Waals surface area contributed by atoms with Gasteiger partial charge in [0, 0.05) is 17.9 Å². The minimum absolute atomic E-state index is 0.0186. The van der Waals surface area contributed by atoms with Gasteiger partial charge in [-0.1, -0.05) is 19.1 Å². The molecule has 2 amide bonds. The normalized spacial score (nSPS) is 20.4. The number of hydrogen-bond donors (Lipinski definition) is 2. The SMILES string of the molecule is CCOC(=O)c1ccccc1NC(=O)C1CCC(C(=O)NC(C)CC)CC1. The highest BCUT2D eigenvalue weighted by atomic mass is 16.5. The number of carbonyl (C=O) groups excluding carboxylic acids is 3. The van der Waals surface area contributed by atoms with Crippen molar-refractivity contribution in [1.29, 1.82) is 0 Å². The summed E-state index contributed by atoms with van der Waals surface area (Å²) in [5.74, 6) is -0.620. The molecular formula is C21H30N2O4. The number of anilines is 1. The third kappa shape index (κ3) is 5.81. The van der Waals surface area contributed by atoms with Gasteiger partial charge >= 0.3 is 5.97 Å². The first-order valence-electron chi connectivity index (χ1n) is 9.83. The lowest BCUT2D eigenvalue weighted by molar-refractivity contribution is -0.129. The number of benzene rings is 1. The van der Waals surface area contributed by atoms with Crippen molar-refractivity contribution in [2.45, 2.75) is 58.9 Å². The molecule has 1 fully saturated rings. The molecule has 1 aromatic rings. The largest absolute Gasteiger partial charge is 0.462 e. The molecule has 148 valence electrons. The van der Waals surface area contributed by atoms with Gasteiger partial charge in [-0.3, -0.25) is 9.59 Å². The summed E-state index contributed by atoms with van der Waals surface area (Å²) in [5, 5.41) is 5.89. The van der Waals surface area contributed by atoms with Crippen LogP contribution in [0.3, 0.4) is 0 Å². The van der Waals surface area contributed by atoms with Crippen LogP contribution in [-0.2, 0) is 14.3 Å². The molecule has 2 rings (SSSR count). The van der Waals surface area contributed by atoms with Gasteiger partial charge in [-0.15, -0.1) is 0 Å². The van der Waals surface area contributed by atoms with Gasteiger partial charge in [0.1, 0.15) is 0 Å². The maximum absolute atomic E-state index is 12.6. The number of hydrogen-bond acceptors (Lipinski definition) is 4. The van der Waals surface area contributed by atoms with Gasteiger partial charge in [0.15, 0.2) is 0 Å². The molecule has 0 radical (unpaired) electrons. The zero-order chi connectivity index (χ0) is 19.8. The lowest BCUT2D eigenvalue weighted by Crippen LogP contribution is -2.39. The third-order valence-corrected chi connectivity index (χ3v) is 5.15. The number of amides is 2. The standard InChI is InChI=1S/C21H30N2O4/c1-4-14(3)22-19(24)15-10-12-16(13-11-15)20(25)23-18-9-7-6-8-17(18)21(26)27-5-2/h6-9,14-16H,4-5,10-13H2,1-3H3,(H,22,24)(H,23,25). The van der Waals surface area contributed by atoms with Crippen molar-refractivity contribution in [3.8, 4) is 0 Å². The zero-order valence-electron chi connectivity index (χ0n) is 16.4. The van der Waals surface area contributed by atoms with Gasteiger partial charge in [0.25, 0.3) is 0 Å². The summed E-state index contributed by atoms with van der Waals surface area (Å²) in [7, 11) is 0. The summed E-state index contributed by atoms with van der Waals surface area (Å²) in [6.07, 6.45) is 3.67. The molecule has 1 aliphatic carbocycles. The number of esters is 1. The second kappa shape index (κ2) is 10.1. The Kier molecular flexibility index (Phi) is 7.82. The fourth-order valence-corrected chi connectivity index (χ4v) is 3.29. The van der Waals surface area contributed by atoms with Crippen molar-refractivity contribution in [2.75, 3.05) is 11.9 Å². The molecule has 2 N–H and O–H groups in total. The van der Waals surface area contributed by atoms with E-state index in [0.29, 0.717) is 36.9 Å². The molecule has 0 heterocycles. The van der Waals surface area contributed by atoms with Crippen LogP contribution in [0.4, 0.5) is 5.69 Å². The summed E-state index contributed by atoms with van der Waals surface area (Å²) in [6.45, 7) is 6.07. The lowest BCUT2D eigenvalue weighted by Gasteiger charge is -2.28. The van der Waals surface area contributed by atoms with E-state index in [9.17, 15) is 14.4 Å². The maximum atomic E-state index is 12.6. The van der Waals surface area contributed by atoms with Crippen LogP contribution in [-0.4, -0.2) is 30.4 Å². The van der Waals surface area contributed by atoms with E-state index in [1.807, 2.05) is 13.8 Å². The molecule has 0 aliphatic heterocycles. The van der Waals surface area contributed by atoms with Gasteiger partial charge < -0.3 is 15.4 Å². The number of para-hydroxylation sites is 1. The topological polar surface area (TPSA) is 84.5 Å². The molecule has 6 nitrogen and oxygen atoms in total. The quantitative estimate of drug-likeness (QED) is 0.715. The molecule has 6 heteroatoms. The average molecular weight is 374 g/mol. The molecular weight excluding hydrogens is 344 g/mol. The van der Waals surface area contributed by atoms with Gasteiger partial charge in [-0.05, 0) is 58.1 Å². The summed E-state index contributed by atoms with van der Waals surface area (Å²) < 4.78 is 5.04. The minimum atomic E-state index is -0.446. The Labute approximate surface area is 161 Å². The summed E-state index contributed by atoms with van der Waals surface area (Å²) in [4.78, 5) is 36.9. The van der Waals surface area contributed by atoms with Crippen LogP contribution in [0.25, 0.3) is 0 Å². The van der Waals surface area contributed by atoms with E-state index < -0.39 is 5.97 Å². The summed E-state index contributed by atoms with van der Waals surface area (Å²) in [5.41, 5.74) is 0.826. The Hall–Kier alpha value is -2.37. The lowest BCUT2D eigenvalue weighted by atomic mass is 9.81. The number of nitrogens with one attached hydrogen (secondary N) is 2. The van der Waals surface area contributed by atoms with E-state index in [-0.39, 0.29) is 36.3 Å². The van der Waals surface area contributed by atoms with E-state index in [1.165, 1.54) is 0 Å². The Morgan fingerprint density at radius 3 is 2.22 bits per heavy atom. The Morgan fingerprint density at radius 2 is 1.63 bits per heavy atom. The monoisotopic (exact) mass is 374 g/mol. The van der Waals surface area contributed by atoms with Crippen molar-refractivity contribution >= 4 is 23.5 Å². The van der Waals surface area contributed by atoms with Crippen molar-refractivity contribution < 1.29 is 19.1 Å². The summed E-state index contributed by atoms with van der Waals surface area (Å²) in [6, 6.07) is 7.04. The molecule has 27 heavy (non-hydrogen) atoms. The second-order valence-corrected chi connectivity index (χ2v) is 7.12. The second-order valence-electron chi connectivity index (χ2n) is 7.12. The average Bonchev–Trinajstić information content (AvgIpc) is 2.68. The summed E-state index contributed by atoms with van der Waals surface area (Å²) >= 11 is 0. The van der Waals surface area contributed by atoms with Crippen molar-refractivity contribution in [3.63, 3.8) is 0 Å². The Morgan fingerprint density at radius 1 is 1.04 bits per heavy atom. The Balaban J connectivity index is 1.92. The molecule has 0 aromatic heterocycles. The highest BCUT2D eigenvalue weighted by molar-refractivity contribution is 6.01. The van der Waals surface area contributed by atoms with Gasteiger partial charge in [0.05, 0.1) is 17.9 Å². The van der Waals surface area contributed by atoms with E-state index in [4.69, 9.17) is 4.74 Å². The molecule has 1 saturated carbocycles. The van der Waals surface area contributed by atoms with E-state index in [0.717, 1.165) is 6.42 Å². The van der Waals surface area contributed by atoms with E-state index in [2.05, 4.69) is 10.6 Å². The predicted molar refractivity (Wildman–Crippen MR) is 104 cm³/mol. The van der Waals surface area contributed by atoms with Crippen molar-refractivity contribution in [1.82, 2.24) is 5.32 Å². The molecule has 0 spiro atoms. The zero-order valence-corrected chi connectivity index (χ0v) is 16.4. The van der Waals surface area contributed by atoms with Crippen LogP contribution in [0.15, 0.2) is 24.3 Å². The van der Waals surface area contributed by atoms with Crippen LogP contribution >= 0.6 is 0 Å². The first-order chi connectivity index (χ1) is 13.0. The van der Waals surface area contributed by atoms with E-state index >= 15 is 0 Å². The van der Waals surface area contributed by atoms with Crippen LogP contribution in [0.5, 0.6) is 0 Å². The molecule has 0 saturated heterocycles. The maximum Gasteiger partial charge on any atom is 0.340 e. The molecule has 1 unspecified atom stereocenters. The first kappa shape index (κ1) is 20.9. The molecule has 1 aromatic carbocycles. The smallest absolute Gasteiger partial charge is 0.340 e. The van der Waals surface area contributed by atoms with Crippen LogP contribution in [0.2, 0.25) is 0 Å². The Bertz CT molecular complexity index is 666. The fourth-order valence-electron chi connectivity index (χ4n) is 3.29. The molecule has 1 atom stereocenters. The van der Waals surface area contributed by atoms with Gasteiger partial charge in [-0.25, -0.2) is 4.79 Å². The van der Waals surface area contributed by atoms with Crippen molar-refractivity contribution in [2.24, 2.45) is 11.8 Å². The predicted octanol–water partition coefficient (Wildman–Crippen LogP) is 3.52. The number of rotatable bonds is 7. The number of ether oxygens (including phenoxy) is 1. The van der Waals surface area contributed by atoms with Crippen molar-refractivity contribution in [3.05, 3.63) is 29.8 Å². The third-order valence-electron chi connectivity index (χ3n) is 5.15. The minimum Gasteiger partial charge on any atom is -0.462 e. The van der Waals surface area contributed by atoms with Gasteiger partial charge in [-0.2, -0.15) is 0 Å². The number of carbonyl (C=O) groups is 3. The fraction of sp³-hybridized carbons (Fsp3) is 0.571.